The Labute approximate surface area is 153 Å². The van der Waals surface area contributed by atoms with Gasteiger partial charge in [0.25, 0.3) is 5.91 Å². The van der Waals surface area contributed by atoms with E-state index < -0.39 is 51.3 Å². The van der Waals surface area contributed by atoms with Crippen LogP contribution >= 0.6 is 0 Å². The monoisotopic (exact) mass is 400 g/mol. The first-order valence-electron chi connectivity index (χ1n) is 7.53. The number of carbonyl (C=O) groups is 2. The minimum absolute atomic E-state index is 0.00725. The smallest absolute Gasteiger partial charge is 0.251 e. The van der Waals surface area contributed by atoms with Crippen LogP contribution in [0.15, 0.2) is 35.2 Å². The predicted molar refractivity (Wildman–Crippen MR) is 91.6 cm³/mol. The molecule has 0 aliphatic rings. The van der Waals surface area contributed by atoms with Crippen LogP contribution < -0.4 is 10.6 Å². The minimum atomic E-state index is -3.54. The van der Waals surface area contributed by atoms with Crippen molar-refractivity contribution in [2.24, 2.45) is 0 Å². The summed E-state index contributed by atoms with van der Waals surface area (Å²) in [5.74, 6) is -6.32. The van der Waals surface area contributed by atoms with Gasteiger partial charge in [-0.3, -0.25) is 9.59 Å². The molecule has 10 heteroatoms. The average Bonchev–Trinajstić information content (AvgIpc) is 2.59. The molecule has 2 rings (SSSR count). The van der Waals surface area contributed by atoms with Crippen molar-refractivity contribution >= 4 is 27.3 Å². The first-order chi connectivity index (χ1) is 12.5. The second-order valence-electron chi connectivity index (χ2n) is 5.71. The van der Waals surface area contributed by atoms with Gasteiger partial charge in [-0.1, -0.05) is 6.07 Å². The molecule has 0 bridgehead atoms. The Balaban J connectivity index is 2.06. The Morgan fingerprint density at radius 3 is 2.33 bits per heavy atom. The highest BCUT2D eigenvalue weighted by molar-refractivity contribution is 7.90. The van der Waals surface area contributed by atoms with Gasteiger partial charge >= 0.3 is 0 Å². The Hall–Kier alpha value is -2.88. The van der Waals surface area contributed by atoms with E-state index >= 15 is 0 Å². The molecule has 0 aromatic heterocycles. The lowest BCUT2D eigenvalue weighted by atomic mass is 10.1. The second-order valence-corrected chi connectivity index (χ2v) is 7.69. The maximum atomic E-state index is 13.5. The summed E-state index contributed by atoms with van der Waals surface area (Å²) in [7, 11) is -3.54. The fourth-order valence-electron chi connectivity index (χ4n) is 2.22. The van der Waals surface area contributed by atoms with E-state index in [2.05, 4.69) is 5.32 Å². The molecule has 0 fully saturated rings. The van der Waals surface area contributed by atoms with Crippen molar-refractivity contribution in [1.29, 1.82) is 0 Å². The maximum absolute atomic E-state index is 13.5. The topological polar surface area (TPSA) is 92.3 Å². The van der Waals surface area contributed by atoms with Crippen molar-refractivity contribution in [2.45, 2.75) is 11.8 Å². The van der Waals surface area contributed by atoms with Gasteiger partial charge < -0.3 is 10.6 Å². The molecule has 2 aromatic rings. The molecule has 0 atom stereocenters. The van der Waals surface area contributed by atoms with Crippen molar-refractivity contribution < 1.29 is 31.2 Å². The van der Waals surface area contributed by atoms with Crippen LogP contribution in [0.4, 0.5) is 18.9 Å². The van der Waals surface area contributed by atoms with Crippen molar-refractivity contribution in [3.05, 3.63) is 58.9 Å². The van der Waals surface area contributed by atoms with E-state index in [4.69, 9.17) is 0 Å². The standard InChI is InChI=1S/C17H15F3N2O4S/c1-9-3-4-10(7-13(9)27(2,25)26)17(24)21-8-14(23)22-12-6-5-11(18)15(19)16(12)20/h3-7H,8H2,1-2H3,(H,21,24)(H,22,23). The van der Waals surface area contributed by atoms with E-state index in [1.165, 1.54) is 18.2 Å². The van der Waals surface area contributed by atoms with Crippen LogP contribution in [0.25, 0.3) is 0 Å². The predicted octanol–water partition coefficient (Wildman–Crippen LogP) is 2.18. The third-order valence-electron chi connectivity index (χ3n) is 3.57. The van der Waals surface area contributed by atoms with Crippen LogP contribution in [-0.2, 0) is 14.6 Å². The molecule has 2 amide bonds. The Bertz CT molecular complexity index is 1020. The third kappa shape index (κ3) is 4.85. The number of halogens is 3. The molecule has 0 saturated heterocycles. The highest BCUT2D eigenvalue weighted by atomic mass is 32.2. The molecule has 0 aliphatic heterocycles. The van der Waals surface area contributed by atoms with E-state index in [9.17, 15) is 31.2 Å². The second kappa shape index (κ2) is 7.78. The summed E-state index contributed by atoms with van der Waals surface area (Å²) in [4.78, 5) is 23.8. The SMILES string of the molecule is Cc1ccc(C(=O)NCC(=O)Nc2ccc(F)c(F)c2F)cc1S(C)(=O)=O. The number of anilines is 1. The quantitative estimate of drug-likeness (QED) is 0.753. The number of sulfone groups is 1. The van der Waals surface area contributed by atoms with Crippen molar-refractivity contribution in [1.82, 2.24) is 5.32 Å². The van der Waals surface area contributed by atoms with Crippen LogP contribution in [0, 0.1) is 24.4 Å². The van der Waals surface area contributed by atoms with Gasteiger partial charge in [0.1, 0.15) is 0 Å². The van der Waals surface area contributed by atoms with E-state index in [0.717, 1.165) is 12.3 Å². The van der Waals surface area contributed by atoms with Gasteiger partial charge in [-0.25, -0.2) is 21.6 Å². The number of rotatable bonds is 5. The summed E-state index contributed by atoms with van der Waals surface area (Å²) < 4.78 is 62.9. The summed E-state index contributed by atoms with van der Waals surface area (Å²) in [6.07, 6.45) is 1.00. The normalized spacial score (nSPS) is 11.1. The Kier molecular flexibility index (Phi) is 5.89. The zero-order valence-corrected chi connectivity index (χ0v) is 15.1. The summed E-state index contributed by atoms with van der Waals surface area (Å²) in [6, 6.07) is 5.48. The zero-order valence-electron chi connectivity index (χ0n) is 14.3. The molecular weight excluding hydrogens is 385 g/mol. The largest absolute Gasteiger partial charge is 0.343 e. The molecule has 144 valence electrons. The molecule has 2 aromatic carbocycles. The van der Waals surface area contributed by atoms with Gasteiger partial charge in [0.15, 0.2) is 27.3 Å². The van der Waals surface area contributed by atoms with Crippen LogP contribution in [-0.4, -0.2) is 33.0 Å². The van der Waals surface area contributed by atoms with Crippen molar-refractivity contribution in [3.63, 3.8) is 0 Å². The number of nitrogens with one attached hydrogen (secondary N) is 2. The third-order valence-corrected chi connectivity index (χ3v) is 4.81. The lowest BCUT2D eigenvalue weighted by molar-refractivity contribution is -0.115. The molecule has 2 N–H and O–H groups in total. The number of hydrogen-bond acceptors (Lipinski definition) is 4. The summed E-state index contributed by atoms with van der Waals surface area (Å²) in [6.45, 7) is 0.973. The van der Waals surface area contributed by atoms with E-state index in [1.54, 1.807) is 6.92 Å². The van der Waals surface area contributed by atoms with E-state index in [1.807, 2.05) is 5.32 Å². The highest BCUT2D eigenvalue weighted by Gasteiger charge is 2.17. The molecule has 0 unspecified atom stereocenters. The molecule has 0 aliphatic carbocycles. The van der Waals surface area contributed by atoms with Crippen molar-refractivity contribution in [3.8, 4) is 0 Å². The summed E-state index contributed by atoms with van der Waals surface area (Å²) >= 11 is 0. The minimum Gasteiger partial charge on any atom is -0.343 e. The molecule has 0 spiro atoms. The average molecular weight is 400 g/mol. The number of carbonyl (C=O) groups excluding carboxylic acids is 2. The Morgan fingerprint density at radius 2 is 1.70 bits per heavy atom. The molecule has 6 nitrogen and oxygen atoms in total. The molecule has 27 heavy (non-hydrogen) atoms. The fraction of sp³-hybridized carbons (Fsp3) is 0.176. The lowest BCUT2D eigenvalue weighted by Crippen LogP contribution is -2.33. The van der Waals surface area contributed by atoms with Crippen LogP contribution in [0.5, 0.6) is 0 Å². The van der Waals surface area contributed by atoms with E-state index in [-0.39, 0.29) is 10.5 Å². The highest BCUT2D eigenvalue weighted by Crippen LogP contribution is 2.19. The van der Waals surface area contributed by atoms with Crippen LogP contribution in [0.1, 0.15) is 15.9 Å². The van der Waals surface area contributed by atoms with E-state index in [0.29, 0.717) is 11.6 Å². The number of aryl methyl sites for hydroxylation is 1. The van der Waals surface area contributed by atoms with Gasteiger partial charge in [-0.05, 0) is 36.8 Å². The number of benzene rings is 2. The number of amides is 2. The fourth-order valence-corrected chi connectivity index (χ4v) is 3.21. The Morgan fingerprint density at radius 1 is 1.04 bits per heavy atom. The molecule has 0 saturated carbocycles. The summed E-state index contributed by atoms with van der Waals surface area (Å²) in [5.41, 5.74) is -0.115. The van der Waals surface area contributed by atoms with Gasteiger partial charge in [0, 0.05) is 11.8 Å². The molecule has 0 heterocycles. The summed E-state index contributed by atoms with van der Waals surface area (Å²) in [5, 5.41) is 4.23. The van der Waals surface area contributed by atoms with Crippen molar-refractivity contribution in [2.75, 3.05) is 18.1 Å². The van der Waals surface area contributed by atoms with Crippen LogP contribution in [0.2, 0.25) is 0 Å². The van der Waals surface area contributed by atoms with Gasteiger partial charge in [-0.2, -0.15) is 0 Å². The first-order valence-corrected chi connectivity index (χ1v) is 9.42. The number of hydrogen-bond donors (Lipinski definition) is 2. The van der Waals surface area contributed by atoms with Gasteiger partial charge in [-0.15, -0.1) is 0 Å². The van der Waals surface area contributed by atoms with Crippen LogP contribution in [0.3, 0.4) is 0 Å². The molecular formula is C17H15F3N2O4S. The molecule has 0 radical (unpaired) electrons. The van der Waals surface area contributed by atoms with Gasteiger partial charge in [0.05, 0.1) is 17.1 Å². The van der Waals surface area contributed by atoms with Gasteiger partial charge in [0.2, 0.25) is 5.91 Å². The first kappa shape index (κ1) is 20.4. The maximum Gasteiger partial charge on any atom is 0.251 e. The zero-order chi connectivity index (χ0) is 20.4. The lowest BCUT2D eigenvalue weighted by Gasteiger charge is -2.10.